The summed E-state index contributed by atoms with van der Waals surface area (Å²) in [5.41, 5.74) is -0.140. The molecule has 2 aliphatic rings. The number of hydrogen-bond acceptors (Lipinski definition) is 7. The van der Waals surface area contributed by atoms with Gasteiger partial charge in [-0.1, -0.05) is 0 Å². The molecule has 0 saturated carbocycles. The van der Waals surface area contributed by atoms with Gasteiger partial charge in [0.15, 0.2) is 12.2 Å². The van der Waals surface area contributed by atoms with Crippen LogP contribution in [0.2, 0.25) is 0 Å². The minimum absolute atomic E-state index is 0.140. The normalized spacial score (nSPS) is 27.8. The van der Waals surface area contributed by atoms with Crippen LogP contribution in [0.15, 0.2) is 0 Å². The topological polar surface area (TPSA) is 173 Å². The van der Waals surface area contributed by atoms with Crippen LogP contribution in [0.4, 0.5) is 0 Å². The maximum atomic E-state index is 11.5. The van der Waals surface area contributed by atoms with E-state index < -0.39 is 30.1 Å². The highest BCUT2D eigenvalue weighted by Crippen LogP contribution is 2.44. The highest BCUT2D eigenvalue weighted by molar-refractivity contribution is 5.83. The van der Waals surface area contributed by atoms with Crippen LogP contribution in [0.3, 0.4) is 0 Å². The molecule has 2 bridgehead atoms. The van der Waals surface area contributed by atoms with Crippen LogP contribution >= 0.6 is 0 Å². The lowest BCUT2D eigenvalue weighted by molar-refractivity contribution is -0.165. The van der Waals surface area contributed by atoms with E-state index in [1.54, 1.807) is 0 Å². The summed E-state index contributed by atoms with van der Waals surface area (Å²) in [7, 11) is 2.03. The van der Waals surface area contributed by atoms with Gasteiger partial charge >= 0.3 is 17.9 Å². The SMILES string of the molecule is CN1C2CC[C@@]1(CCC(=O)O)CC(=O)C2.O=C(O)C(O)C(O)C(=O)O. The van der Waals surface area contributed by atoms with Crippen molar-refractivity contribution in [2.75, 3.05) is 7.05 Å². The van der Waals surface area contributed by atoms with Crippen molar-refractivity contribution in [2.24, 2.45) is 0 Å². The first kappa shape index (κ1) is 21.0. The third kappa shape index (κ3) is 5.21. The average Bonchev–Trinajstić information content (AvgIpc) is 2.71. The number of carbonyl (C=O) groups excluding carboxylic acids is 1. The highest BCUT2D eigenvalue weighted by Gasteiger charge is 2.49. The fourth-order valence-corrected chi connectivity index (χ4v) is 3.35. The van der Waals surface area contributed by atoms with Crippen LogP contribution in [0.25, 0.3) is 0 Å². The number of aliphatic hydroxyl groups excluding tert-OH is 2. The highest BCUT2D eigenvalue weighted by atomic mass is 16.4. The molecule has 142 valence electrons. The number of rotatable bonds is 6. The lowest BCUT2D eigenvalue weighted by Crippen LogP contribution is -2.50. The van der Waals surface area contributed by atoms with E-state index in [2.05, 4.69) is 4.90 Å². The number of carboxylic acid groups (broad SMARTS) is 3. The maximum Gasteiger partial charge on any atom is 0.335 e. The molecule has 0 radical (unpaired) electrons. The van der Waals surface area contributed by atoms with E-state index in [1.165, 1.54) is 0 Å². The summed E-state index contributed by atoms with van der Waals surface area (Å²) in [5, 5.41) is 41.2. The summed E-state index contributed by atoms with van der Waals surface area (Å²) in [6.45, 7) is 0. The van der Waals surface area contributed by atoms with Gasteiger partial charge in [-0.3, -0.25) is 14.5 Å². The van der Waals surface area contributed by atoms with Crippen molar-refractivity contribution in [3.05, 3.63) is 0 Å². The van der Waals surface area contributed by atoms with Crippen molar-refractivity contribution >= 4 is 23.7 Å². The molecule has 2 heterocycles. The molecule has 2 rings (SSSR count). The zero-order chi connectivity index (χ0) is 19.4. The second kappa shape index (κ2) is 8.37. The standard InChI is InChI=1S/C11H17NO3.C4H6O6/c1-12-8-2-4-11(12,5-3-10(14)15)7-9(13)6-8;5-1(3(7)8)2(6)4(9)10/h8H,2-7H2,1H3,(H,14,15);1-2,5-6H,(H,7,8)(H,9,10)/t8?,11-;/m1./s1. The lowest BCUT2D eigenvalue weighted by atomic mass is 9.84. The summed E-state index contributed by atoms with van der Waals surface area (Å²) in [4.78, 5) is 43.9. The molecule has 2 saturated heterocycles. The number of hydrogen-bond donors (Lipinski definition) is 5. The molecule has 0 aromatic carbocycles. The average molecular weight is 361 g/mol. The van der Waals surface area contributed by atoms with E-state index in [0.29, 0.717) is 31.1 Å². The molecule has 2 aliphatic heterocycles. The van der Waals surface area contributed by atoms with Gasteiger partial charge in [-0.2, -0.15) is 0 Å². The number of fused-ring (bicyclic) bond motifs is 2. The molecule has 25 heavy (non-hydrogen) atoms. The first-order chi connectivity index (χ1) is 11.5. The van der Waals surface area contributed by atoms with Gasteiger partial charge in [-0.15, -0.1) is 0 Å². The Morgan fingerprint density at radius 2 is 1.68 bits per heavy atom. The smallest absolute Gasteiger partial charge is 0.335 e. The van der Waals surface area contributed by atoms with Crippen molar-refractivity contribution < 1.29 is 44.7 Å². The molecule has 0 aromatic rings. The molecule has 0 amide bonds. The Kier molecular flexibility index (Phi) is 7.03. The second-order valence-electron chi connectivity index (χ2n) is 6.41. The van der Waals surface area contributed by atoms with Crippen molar-refractivity contribution in [2.45, 2.75) is 62.3 Å². The van der Waals surface area contributed by atoms with Crippen LogP contribution in [-0.2, 0) is 19.2 Å². The minimum Gasteiger partial charge on any atom is -0.481 e. The first-order valence-electron chi connectivity index (χ1n) is 7.78. The van der Waals surface area contributed by atoms with Gasteiger partial charge in [0.1, 0.15) is 5.78 Å². The maximum absolute atomic E-state index is 11.5. The molecular formula is C15H23NO9. The molecule has 2 fully saturated rings. The molecule has 10 heteroatoms. The monoisotopic (exact) mass is 361 g/mol. The van der Waals surface area contributed by atoms with Gasteiger partial charge < -0.3 is 25.5 Å². The summed E-state index contributed by atoms with van der Waals surface area (Å²) in [6.07, 6.45) is -0.519. The molecular weight excluding hydrogens is 338 g/mol. The fraction of sp³-hybridized carbons (Fsp3) is 0.733. The van der Waals surface area contributed by atoms with Crippen LogP contribution in [-0.4, -0.2) is 85.0 Å². The Hall–Kier alpha value is -2.04. The molecule has 10 nitrogen and oxygen atoms in total. The lowest BCUT2D eigenvalue weighted by Gasteiger charge is -2.41. The Balaban J connectivity index is 0.000000275. The number of aliphatic carboxylic acids is 3. The second-order valence-corrected chi connectivity index (χ2v) is 6.41. The Morgan fingerprint density at radius 3 is 2.12 bits per heavy atom. The van der Waals surface area contributed by atoms with Gasteiger partial charge in [0.05, 0.1) is 0 Å². The summed E-state index contributed by atoms with van der Waals surface area (Å²) in [5.74, 6) is -4.00. The molecule has 3 unspecified atom stereocenters. The third-order valence-corrected chi connectivity index (χ3v) is 4.84. The molecule has 4 atom stereocenters. The van der Waals surface area contributed by atoms with Crippen LogP contribution in [0, 0.1) is 0 Å². The number of carboxylic acids is 3. The van der Waals surface area contributed by atoms with E-state index in [0.717, 1.165) is 12.8 Å². The largest absolute Gasteiger partial charge is 0.481 e. The van der Waals surface area contributed by atoms with E-state index in [-0.39, 0.29) is 12.0 Å². The van der Waals surface area contributed by atoms with Gasteiger partial charge in [0.2, 0.25) is 0 Å². The van der Waals surface area contributed by atoms with E-state index in [1.807, 2.05) is 7.05 Å². The molecule has 0 aromatic heterocycles. The zero-order valence-electron chi connectivity index (χ0n) is 13.8. The van der Waals surface area contributed by atoms with Gasteiger partial charge in [0, 0.05) is 30.8 Å². The predicted molar refractivity (Wildman–Crippen MR) is 81.9 cm³/mol. The van der Waals surface area contributed by atoms with Crippen LogP contribution in [0.1, 0.15) is 38.5 Å². The first-order valence-corrected chi connectivity index (χ1v) is 7.78. The zero-order valence-corrected chi connectivity index (χ0v) is 13.8. The van der Waals surface area contributed by atoms with Gasteiger partial charge in [-0.05, 0) is 26.3 Å². The Morgan fingerprint density at radius 1 is 1.16 bits per heavy atom. The van der Waals surface area contributed by atoms with Crippen molar-refractivity contribution in [3.8, 4) is 0 Å². The number of aliphatic hydroxyl groups is 2. The van der Waals surface area contributed by atoms with E-state index >= 15 is 0 Å². The molecule has 0 spiro atoms. The van der Waals surface area contributed by atoms with E-state index in [9.17, 15) is 19.2 Å². The number of ketones is 1. The van der Waals surface area contributed by atoms with Crippen molar-refractivity contribution in [1.29, 1.82) is 0 Å². The third-order valence-electron chi connectivity index (χ3n) is 4.84. The fourth-order valence-electron chi connectivity index (χ4n) is 3.35. The predicted octanol–water partition coefficient (Wildman–Crippen LogP) is -1.08. The summed E-state index contributed by atoms with van der Waals surface area (Å²) >= 11 is 0. The quantitative estimate of drug-likeness (QED) is 0.392. The number of nitrogens with zero attached hydrogens (tertiary/aromatic N) is 1. The van der Waals surface area contributed by atoms with E-state index in [4.69, 9.17) is 25.5 Å². The number of Topliss-reactive ketones (excluding diaryl/α,β-unsaturated/α-hetero) is 1. The van der Waals surface area contributed by atoms with Crippen LogP contribution < -0.4 is 0 Å². The molecule has 0 aliphatic carbocycles. The van der Waals surface area contributed by atoms with Crippen molar-refractivity contribution in [3.63, 3.8) is 0 Å². The molecule has 5 N–H and O–H groups in total. The number of carbonyl (C=O) groups is 4. The minimum atomic E-state index is -2.27. The van der Waals surface area contributed by atoms with Gasteiger partial charge in [0.25, 0.3) is 0 Å². The summed E-state index contributed by atoms with van der Waals surface area (Å²) in [6, 6.07) is 0.361. The Bertz CT molecular complexity index is 531. The Labute approximate surface area is 143 Å². The summed E-state index contributed by atoms with van der Waals surface area (Å²) < 4.78 is 0. The van der Waals surface area contributed by atoms with Crippen molar-refractivity contribution in [1.82, 2.24) is 4.90 Å². The van der Waals surface area contributed by atoms with Gasteiger partial charge in [-0.25, -0.2) is 9.59 Å². The number of piperidine rings is 1. The van der Waals surface area contributed by atoms with Crippen LogP contribution in [0.5, 0.6) is 0 Å².